The Kier molecular flexibility index (Phi) is 4.41. The summed E-state index contributed by atoms with van der Waals surface area (Å²) in [5.74, 6) is 0. The summed E-state index contributed by atoms with van der Waals surface area (Å²) in [4.78, 5) is 4.25. The summed E-state index contributed by atoms with van der Waals surface area (Å²) in [5, 5.41) is 4.11. The van der Waals surface area contributed by atoms with Gasteiger partial charge in [-0.25, -0.2) is 4.98 Å². The SMILES string of the molecule is CNC1CCCCCC1Sc1ncns1. The minimum absolute atomic E-state index is 0.640. The van der Waals surface area contributed by atoms with E-state index in [4.69, 9.17) is 0 Å². The number of aromatic nitrogens is 2. The molecule has 1 aromatic heterocycles. The van der Waals surface area contributed by atoms with Gasteiger partial charge in [-0.1, -0.05) is 31.0 Å². The van der Waals surface area contributed by atoms with Crippen LogP contribution in [0.15, 0.2) is 10.7 Å². The average molecular weight is 243 g/mol. The van der Waals surface area contributed by atoms with Gasteiger partial charge in [0.1, 0.15) is 6.33 Å². The van der Waals surface area contributed by atoms with Crippen LogP contribution in [0.3, 0.4) is 0 Å². The second kappa shape index (κ2) is 5.82. The Bertz CT molecular complexity index is 276. The molecule has 1 saturated carbocycles. The molecule has 0 aliphatic heterocycles. The van der Waals surface area contributed by atoms with Crippen LogP contribution in [0.5, 0.6) is 0 Å². The Balaban J connectivity index is 1.97. The molecule has 1 heterocycles. The van der Waals surface area contributed by atoms with Crippen LogP contribution >= 0.6 is 23.3 Å². The fraction of sp³-hybridized carbons (Fsp3) is 0.800. The number of rotatable bonds is 3. The summed E-state index contributed by atoms with van der Waals surface area (Å²) in [6, 6.07) is 0.640. The van der Waals surface area contributed by atoms with Crippen molar-refractivity contribution in [3.63, 3.8) is 0 Å². The molecule has 15 heavy (non-hydrogen) atoms. The Morgan fingerprint density at radius 1 is 1.40 bits per heavy atom. The van der Waals surface area contributed by atoms with Crippen LogP contribution in [0.4, 0.5) is 0 Å². The molecule has 1 aliphatic carbocycles. The Hall–Kier alpha value is -0.130. The van der Waals surface area contributed by atoms with E-state index in [0.717, 1.165) is 4.34 Å². The molecule has 3 nitrogen and oxygen atoms in total. The third-order valence-electron chi connectivity index (χ3n) is 2.92. The molecule has 1 fully saturated rings. The van der Waals surface area contributed by atoms with Crippen LogP contribution in [0.1, 0.15) is 32.1 Å². The lowest BCUT2D eigenvalue weighted by Gasteiger charge is -2.22. The van der Waals surface area contributed by atoms with Gasteiger partial charge in [-0.2, -0.15) is 4.37 Å². The quantitative estimate of drug-likeness (QED) is 0.828. The predicted molar refractivity (Wildman–Crippen MR) is 65.5 cm³/mol. The molecule has 1 N–H and O–H groups in total. The average Bonchev–Trinajstić information content (AvgIpc) is 2.64. The van der Waals surface area contributed by atoms with Gasteiger partial charge in [0.25, 0.3) is 0 Å². The van der Waals surface area contributed by atoms with Gasteiger partial charge in [0.05, 0.1) is 0 Å². The molecule has 2 unspecified atom stereocenters. The largest absolute Gasteiger partial charge is 0.316 e. The minimum atomic E-state index is 0.640. The third-order valence-corrected chi connectivity index (χ3v) is 5.06. The van der Waals surface area contributed by atoms with Gasteiger partial charge in [0, 0.05) is 11.3 Å². The van der Waals surface area contributed by atoms with Gasteiger partial charge in [-0.05, 0) is 31.4 Å². The van der Waals surface area contributed by atoms with Crippen LogP contribution in [-0.2, 0) is 0 Å². The van der Waals surface area contributed by atoms with Gasteiger partial charge < -0.3 is 5.32 Å². The molecule has 0 amide bonds. The molecule has 0 saturated heterocycles. The number of nitrogens with one attached hydrogen (secondary N) is 1. The first-order valence-electron chi connectivity index (χ1n) is 5.51. The highest BCUT2D eigenvalue weighted by Crippen LogP contribution is 2.33. The van der Waals surface area contributed by atoms with Crippen LogP contribution in [0.25, 0.3) is 0 Å². The molecular weight excluding hydrogens is 226 g/mol. The first-order valence-corrected chi connectivity index (χ1v) is 7.16. The van der Waals surface area contributed by atoms with Crippen LogP contribution in [0, 0.1) is 0 Å². The Morgan fingerprint density at radius 3 is 3.00 bits per heavy atom. The number of thioether (sulfide) groups is 1. The second-order valence-electron chi connectivity index (χ2n) is 3.90. The summed E-state index contributed by atoms with van der Waals surface area (Å²) in [5.41, 5.74) is 0. The maximum atomic E-state index is 4.25. The normalized spacial score (nSPS) is 27.5. The van der Waals surface area contributed by atoms with E-state index >= 15 is 0 Å². The molecule has 84 valence electrons. The summed E-state index contributed by atoms with van der Waals surface area (Å²) >= 11 is 3.41. The highest BCUT2D eigenvalue weighted by molar-refractivity contribution is 8.01. The van der Waals surface area contributed by atoms with Crippen molar-refractivity contribution in [2.75, 3.05) is 7.05 Å². The van der Waals surface area contributed by atoms with E-state index in [9.17, 15) is 0 Å². The molecule has 0 radical (unpaired) electrons. The van der Waals surface area contributed by atoms with Crippen molar-refractivity contribution >= 4 is 23.3 Å². The number of hydrogen-bond donors (Lipinski definition) is 1. The van der Waals surface area contributed by atoms with E-state index in [1.807, 2.05) is 11.8 Å². The minimum Gasteiger partial charge on any atom is -0.316 e. The molecule has 1 aliphatic rings. The molecule has 0 bridgehead atoms. The maximum Gasteiger partial charge on any atom is 0.170 e. The zero-order valence-electron chi connectivity index (χ0n) is 8.98. The summed E-state index contributed by atoms with van der Waals surface area (Å²) in [6.45, 7) is 0. The van der Waals surface area contributed by atoms with Gasteiger partial charge in [0.15, 0.2) is 4.34 Å². The van der Waals surface area contributed by atoms with E-state index in [0.29, 0.717) is 11.3 Å². The fourth-order valence-corrected chi connectivity index (χ4v) is 4.13. The molecule has 0 aromatic carbocycles. The van der Waals surface area contributed by atoms with Crippen molar-refractivity contribution in [3.05, 3.63) is 6.33 Å². The lowest BCUT2D eigenvalue weighted by Crippen LogP contribution is -2.34. The van der Waals surface area contributed by atoms with Gasteiger partial charge in [-0.3, -0.25) is 0 Å². The molecule has 5 heteroatoms. The van der Waals surface area contributed by atoms with E-state index in [1.54, 1.807) is 6.33 Å². The van der Waals surface area contributed by atoms with Crippen molar-refractivity contribution in [3.8, 4) is 0 Å². The molecule has 2 atom stereocenters. The fourth-order valence-electron chi connectivity index (χ4n) is 2.09. The van der Waals surface area contributed by atoms with Crippen LogP contribution in [-0.4, -0.2) is 27.7 Å². The Morgan fingerprint density at radius 2 is 2.27 bits per heavy atom. The summed E-state index contributed by atoms with van der Waals surface area (Å²) < 4.78 is 5.16. The maximum absolute atomic E-state index is 4.25. The monoisotopic (exact) mass is 243 g/mol. The molecular formula is C10H17N3S2. The highest BCUT2D eigenvalue weighted by atomic mass is 32.2. The van der Waals surface area contributed by atoms with E-state index in [-0.39, 0.29) is 0 Å². The van der Waals surface area contributed by atoms with Crippen molar-refractivity contribution < 1.29 is 0 Å². The lowest BCUT2D eigenvalue weighted by atomic mass is 10.1. The predicted octanol–water partition coefficient (Wildman–Crippen LogP) is 2.55. The second-order valence-corrected chi connectivity index (χ2v) is 6.16. The van der Waals surface area contributed by atoms with E-state index in [1.165, 1.54) is 43.6 Å². The van der Waals surface area contributed by atoms with Crippen molar-refractivity contribution in [1.29, 1.82) is 0 Å². The van der Waals surface area contributed by atoms with Crippen molar-refractivity contribution in [2.24, 2.45) is 0 Å². The first-order chi connectivity index (χ1) is 7.40. The van der Waals surface area contributed by atoms with E-state index < -0.39 is 0 Å². The third kappa shape index (κ3) is 3.16. The van der Waals surface area contributed by atoms with Gasteiger partial charge in [-0.15, -0.1) is 0 Å². The van der Waals surface area contributed by atoms with E-state index in [2.05, 4.69) is 21.7 Å². The van der Waals surface area contributed by atoms with Gasteiger partial charge >= 0.3 is 0 Å². The van der Waals surface area contributed by atoms with Crippen molar-refractivity contribution in [2.45, 2.75) is 47.7 Å². The smallest absolute Gasteiger partial charge is 0.170 e. The van der Waals surface area contributed by atoms with Gasteiger partial charge in [0.2, 0.25) is 0 Å². The van der Waals surface area contributed by atoms with Crippen molar-refractivity contribution in [1.82, 2.24) is 14.7 Å². The standard InChI is InChI=1S/C10H17N3S2/c1-11-8-5-3-2-4-6-9(8)14-10-12-7-13-15-10/h7-9,11H,2-6H2,1H3. The molecule has 1 aromatic rings. The first kappa shape index (κ1) is 11.4. The number of hydrogen-bond acceptors (Lipinski definition) is 5. The topological polar surface area (TPSA) is 37.8 Å². The summed E-state index contributed by atoms with van der Waals surface area (Å²) in [7, 11) is 2.07. The van der Waals surface area contributed by atoms with Crippen LogP contribution < -0.4 is 5.32 Å². The molecule has 2 rings (SSSR count). The van der Waals surface area contributed by atoms with Crippen LogP contribution in [0.2, 0.25) is 0 Å². The highest BCUT2D eigenvalue weighted by Gasteiger charge is 2.24. The zero-order chi connectivity index (χ0) is 10.5. The summed E-state index contributed by atoms with van der Waals surface area (Å²) in [6.07, 6.45) is 8.35. The zero-order valence-corrected chi connectivity index (χ0v) is 10.6. The lowest BCUT2D eigenvalue weighted by molar-refractivity contribution is 0.510. The molecule has 0 spiro atoms. The Labute approximate surface area is 99.2 Å². The number of nitrogens with zero attached hydrogens (tertiary/aromatic N) is 2.